The number of rotatable bonds is 6. The van der Waals surface area contributed by atoms with Gasteiger partial charge in [0.15, 0.2) is 0 Å². The molecule has 4 nitrogen and oxygen atoms in total. The maximum Gasteiger partial charge on any atom is 0.123 e. The van der Waals surface area contributed by atoms with Crippen LogP contribution in [-0.2, 0) is 0 Å². The number of aromatic hydroxyl groups is 1. The first kappa shape index (κ1) is 16.9. The standard InChI is InChI=1S/C19H22O4/c1-4-16(17-11-15(23-3)8-9-19(17)21)18(12-20)13-6-5-7-14(10-13)22-2/h5-11,20-21H,4,12H2,1-3H3/b18-16+. The van der Waals surface area contributed by atoms with Crippen molar-refractivity contribution >= 4 is 11.1 Å². The van der Waals surface area contributed by atoms with Gasteiger partial charge in [0.1, 0.15) is 17.2 Å². The monoisotopic (exact) mass is 314 g/mol. The van der Waals surface area contributed by atoms with Gasteiger partial charge in [-0.15, -0.1) is 0 Å². The van der Waals surface area contributed by atoms with E-state index in [1.54, 1.807) is 32.4 Å². The minimum Gasteiger partial charge on any atom is -0.507 e. The fourth-order valence-electron chi connectivity index (χ4n) is 2.62. The summed E-state index contributed by atoms with van der Waals surface area (Å²) >= 11 is 0. The van der Waals surface area contributed by atoms with Crippen LogP contribution in [-0.4, -0.2) is 31.0 Å². The minimum absolute atomic E-state index is 0.132. The summed E-state index contributed by atoms with van der Waals surface area (Å²) in [5.41, 5.74) is 3.16. The second-order valence-corrected chi connectivity index (χ2v) is 5.08. The molecule has 0 spiro atoms. The highest BCUT2D eigenvalue weighted by molar-refractivity contribution is 5.93. The summed E-state index contributed by atoms with van der Waals surface area (Å²) in [6.07, 6.45) is 0.661. The fourth-order valence-corrected chi connectivity index (χ4v) is 2.62. The molecule has 0 amide bonds. The molecular formula is C19H22O4. The van der Waals surface area contributed by atoms with Crippen LogP contribution in [0.1, 0.15) is 24.5 Å². The number of methoxy groups -OCH3 is 2. The smallest absolute Gasteiger partial charge is 0.123 e. The van der Waals surface area contributed by atoms with Crippen LogP contribution < -0.4 is 9.47 Å². The van der Waals surface area contributed by atoms with Crippen LogP contribution in [0.5, 0.6) is 17.2 Å². The Morgan fingerprint density at radius 1 is 0.957 bits per heavy atom. The molecule has 0 aliphatic heterocycles. The largest absolute Gasteiger partial charge is 0.507 e. The molecule has 0 radical (unpaired) electrons. The van der Waals surface area contributed by atoms with Crippen LogP contribution in [0.3, 0.4) is 0 Å². The van der Waals surface area contributed by atoms with Crippen LogP contribution in [0, 0.1) is 0 Å². The highest BCUT2D eigenvalue weighted by Crippen LogP contribution is 2.36. The van der Waals surface area contributed by atoms with Crippen molar-refractivity contribution in [3.63, 3.8) is 0 Å². The first-order valence-corrected chi connectivity index (χ1v) is 7.49. The Hall–Kier alpha value is -2.46. The Morgan fingerprint density at radius 2 is 1.65 bits per heavy atom. The molecule has 0 saturated carbocycles. The summed E-state index contributed by atoms with van der Waals surface area (Å²) in [5, 5.41) is 20.1. The van der Waals surface area contributed by atoms with Crippen molar-refractivity contribution in [2.75, 3.05) is 20.8 Å². The second-order valence-electron chi connectivity index (χ2n) is 5.08. The van der Waals surface area contributed by atoms with Crippen LogP contribution in [0.4, 0.5) is 0 Å². The molecule has 0 aliphatic carbocycles. The number of aliphatic hydroxyl groups excluding tert-OH is 1. The van der Waals surface area contributed by atoms with E-state index in [1.807, 2.05) is 31.2 Å². The van der Waals surface area contributed by atoms with Gasteiger partial charge in [0.05, 0.1) is 20.8 Å². The van der Waals surface area contributed by atoms with E-state index in [2.05, 4.69) is 0 Å². The molecule has 2 aromatic carbocycles. The van der Waals surface area contributed by atoms with Crippen LogP contribution in [0.25, 0.3) is 11.1 Å². The quantitative estimate of drug-likeness (QED) is 0.798. The SMILES string of the molecule is CC/C(=C(/CO)c1cccc(OC)c1)c1cc(OC)ccc1O. The van der Waals surface area contributed by atoms with Gasteiger partial charge in [-0.25, -0.2) is 0 Å². The van der Waals surface area contributed by atoms with Gasteiger partial charge in [-0.3, -0.25) is 0 Å². The summed E-state index contributed by atoms with van der Waals surface area (Å²) < 4.78 is 10.5. The van der Waals surface area contributed by atoms with Crippen molar-refractivity contribution < 1.29 is 19.7 Å². The molecule has 2 rings (SSSR count). The third-order valence-corrected chi connectivity index (χ3v) is 3.82. The average Bonchev–Trinajstić information content (AvgIpc) is 2.60. The Bertz CT molecular complexity index is 704. The lowest BCUT2D eigenvalue weighted by Crippen LogP contribution is -1.98. The van der Waals surface area contributed by atoms with Crippen molar-refractivity contribution in [3.8, 4) is 17.2 Å². The molecule has 0 heterocycles. The van der Waals surface area contributed by atoms with Gasteiger partial charge in [0.2, 0.25) is 0 Å². The lowest BCUT2D eigenvalue weighted by molar-refractivity contribution is 0.350. The molecule has 0 atom stereocenters. The van der Waals surface area contributed by atoms with E-state index in [0.29, 0.717) is 17.7 Å². The van der Waals surface area contributed by atoms with Gasteiger partial charge in [-0.05, 0) is 53.5 Å². The van der Waals surface area contributed by atoms with E-state index in [1.165, 1.54) is 0 Å². The zero-order valence-corrected chi connectivity index (χ0v) is 13.7. The highest BCUT2D eigenvalue weighted by atomic mass is 16.5. The molecule has 23 heavy (non-hydrogen) atoms. The van der Waals surface area contributed by atoms with Crippen molar-refractivity contribution in [2.45, 2.75) is 13.3 Å². The van der Waals surface area contributed by atoms with Crippen molar-refractivity contribution in [2.24, 2.45) is 0 Å². The molecule has 0 saturated heterocycles. The number of phenols is 1. The molecule has 122 valence electrons. The van der Waals surface area contributed by atoms with E-state index >= 15 is 0 Å². The van der Waals surface area contributed by atoms with Crippen molar-refractivity contribution in [1.82, 2.24) is 0 Å². The zero-order chi connectivity index (χ0) is 16.8. The zero-order valence-electron chi connectivity index (χ0n) is 13.7. The second kappa shape index (κ2) is 7.70. The Kier molecular flexibility index (Phi) is 5.66. The molecule has 0 aliphatic rings. The van der Waals surface area contributed by atoms with Crippen molar-refractivity contribution in [1.29, 1.82) is 0 Å². The van der Waals surface area contributed by atoms with Gasteiger partial charge >= 0.3 is 0 Å². The summed E-state index contributed by atoms with van der Waals surface area (Å²) in [4.78, 5) is 0. The van der Waals surface area contributed by atoms with Gasteiger partial charge in [0, 0.05) is 5.56 Å². The van der Waals surface area contributed by atoms with E-state index < -0.39 is 0 Å². The maximum atomic E-state index is 10.2. The van der Waals surface area contributed by atoms with Crippen LogP contribution >= 0.6 is 0 Å². The average molecular weight is 314 g/mol. The van der Waals surface area contributed by atoms with Crippen molar-refractivity contribution in [3.05, 3.63) is 53.6 Å². The van der Waals surface area contributed by atoms with Crippen LogP contribution in [0.2, 0.25) is 0 Å². The normalized spacial score (nSPS) is 11.8. The maximum absolute atomic E-state index is 10.2. The van der Waals surface area contributed by atoms with Gasteiger partial charge < -0.3 is 19.7 Å². The number of benzene rings is 2. The number of allylic oxidation sites excluding steroid dienone is 1. The molecule has 0 unspecified atom stereocenters. The highest BCUT2D eigenvalue weighted by Gasteiger charge is 2.14. The first-order valence-electron chi connectivity index (χ1n) is 7.49. The number of phenolic OH excluding ortho intramolecular Hbond substituents is 1. The predicted octanol–water partition coefficient (Wildman–Crippen LogP) is 3.72. The van der Waals surface area contributed by atoms with Gasteiger partial charge in [0.25, 0.3) is 0 Å². The lowest BCUT2D eigenvalue weighted by Gasteiger charge is -2.16. The summed E-state index contributed by atoms with van der Waals surface area (Å²) in [6.45, 7) is 1.86. The van der Waals surface area contributed by atoms with E-state index in [4.69, 9.17) is 9.47 Å². The van der Waals surface area contributed by atoms with E-state index in [9.17, 15) is 10.2 Å². The van der Waals surface area contributed by atoms with E-state index in [0.717, 1.165) is 22.5 Å². The van der Waals surface area contributed by atoms with Crippen LogP contribution in [0.15, 0.2) is 42.5 Å². The van der Waals surface area contributed by atoms with E-state index in [-0.39, 0.29) is 12.4 Å². The summed E-state index contributed by atoms with van der Waals surface area (Å²) in [5.74, 6) is 1.54. The molecule has 4 heteroatoms. The Balaban J connectivity index is 2.64. The molecule has 0 aromatic heterocycles. The fraction of sp³-hybridized carbons (Fsp3) is 0.263. The first-order chi connectivity index (χ1) is 11.1. The minimum atomic E-state index is -0.132. The number of hydrogen-bond acceptors (Lipinski definition) is 4. The number of hydrogen-bond donors (Lipinski definition) is 2. The molecule has 0 bridgehead atoms. The Morgan fingerprint density at radius 3 is 2.26 bits per heavy atom. The third-order valence-electron chi connectivity index (χ3n) is 3.82. The lowest BCUT2D eigenvalue weighted by atomic mass is 9.92. The summed E-state index contributed by atoms with van der Waals surface area (Å²) in [7, 11) is 3.19. The van der Waals surface area contributed by atoms with Gasteiger partial charge in [-0.1, -0.05) is 19.1 Å². The molecule has 0 fully saturated rings. The number of aliphatic hydroxyl groups is 1. The molecular weight excluding hydrogens is 292 g/mol. The number of ether oxygens (including phenoxy) is 2. The topological polar surface area (TPSA) is 58.9 Å². The Labute approximate surface area is 136 Å². The molecule has 2 aromatic rings. The third kappa shape index (κ3) is 3.66. The molecule has 2 N–H and O–H groups in total. The van der Waals surface area contributed by atoms with Gasteiger partial charge in [-0.2, -0.15) is 0 Å². The predicted molar refractivity (Wildman–Crippen MR) is 91.8 cm³/mol. The summed E-state index contributed by atoms with van der Waals surface area (Å²) in [6, 6.07) is 12.6.